The fourth-order valence-corrected chi connectivity index (χ4v) is 2.74. The molecule has 1 atom stereocenters. The molecule has 1 aromatic rings. The average Bonchev–Trinajstić information content (AvgIpc) is 2.55. The number of hydrogen-bond donors (Lipinski definition) is 2. The summed E-state index contributed by atoms with van der Waals surface area (Å²) >= 11 is 0. The lowest BCUT2D eigenvalue weighted by Gasteiger charge is -2.29. The van der Waals surface area contributed by atoms with Crippen molar-refractivity contribution in [3.63, 3.8) is 0 Å². The number of carbonyl (C=O) groups is 1. The van der Waals surface area contributed by atoms with E-state index >= 15 is 0 Å². The number of Topliss-reactive ketones (excluding diaryl/α,β-unsaturated/α-hetero) is 1. The van der Waals surface area contributed by atoms with Crippen LogP contribution in [0.1, 0.15) is 25.3 Å². The van der Waals surface area contributed by atoms with E-state index < -0.39 is 5.92 Å². The molecule has 0 saturated heterocycles. The van der Waals surface area contributed by atoms with Crippen molar-refractivity contribution in [1.82, 2.24) is 5.32 Å². The quantitative estimate of drug-likeness (QED) is 0.662. The Bertz CT molecular complexity index is 857. The first-order valence-electron chi connectivity index (χ1n) is 6.93. The summed E-state index contributed by atoms with van der Waals surface area (Å²) in [5.41, 5.74) is 2.26. The number of nitrogens with one attached hydrogen (secondary N) is 2. The molecule has 1 heterocycles. The van der Waals surface area contributed by atoms with Gasteiger partial charge in [0.05, 0.1) is 23.3 Å². The van der Waals surface area contributed by atoms with Crippen molar-refractivity contribution >= 4 is 11.7 Å². The number of nitrogens with zero attached hydrogens (tertiary/aromatic N) is 2. The highest BCUT2D eigenvalue weighted by atomic mass is 16.1. The molecule has 0 spiro atoms. The number of rotatable bonds is 3. The third-order valence-electron chi connectivity index (χ3n) is 3.68. The van der Waals surface area contributed by atoms with Crippen molar-refractivity contribution in [3.05, 3.63) is 64.0 Å². The van der Waals surface area contributed by atoms with Crippen LogP contribution in [0, 0.1) is 28.1 Å². The van der Waals surface area contributed by atoms with Gasteiger partial charge in [-0.05, 0) is 25.3 Å². The maximum atomic E-state index is 12.1. The molecular formula is C18H14N4O. The Balaban J connectivity index is 2.79. The Morgan fingerprint density at radius 1 is 1.26 bits per heavy atom. The van der Waals surface area contributed by atoms with Gasteiger partial charge in [0.25, 0.3) is 0 Å². The van der Waals surface area contributed by atoms with E-state index in [0.717, 1.165) is 5.56 Å². The molecule has 0 fully saturated rings. The number of nitriles is 2. The molecule has 112 valence electrons. The molecule has 0 aliphatic carbocycles. The van der Waals surface area contributed by atoms with Crippen LogP contribution in [-0.4, -0.2) is 11.7 Å². The number of ketones is 1. The molecular weight excluding hydrogens is 288 g/mol. The minimum absolute atomic E-state index is 0.0653. The van der Waals surface area contributed by atoms with Crippen molar-refractivity contribution in [2.24, 2.45) is 0 Å². The predicted octanol–water partition coefficient (Wildman–Crippen LogP) is 2.71. The summed E-state index contributed by atoms with van der Waals surface area (Å²) in [6.45, 7) is 3.17. The van der Waals surface area contributed by atoms with Gasteiger partial charge in [0.15, 0.2) is 5.78 Å². The third-order valence-corrected chi connectivity index (χ3v) is 3.68. The summed E-state index contributed by atoms with van der Waals surface area (Å²) in [7, 11) is 0. The predicted molar refractivity (Wildman–Crippen MR) is 85.2 cm³/mol. The van der Waals surface area contributed by atoms with E-state index in [1.54, 1.807) is 6.92 Å². The molecule has 0 radical (unpaired) electrons. The lowest BCUT2D eigenvalue weighted by Crippen LogP contribution is -2.28. The zero-order chi connectivity index (χ0) is 17.0. The minimum Gasteiger partial charge on any atom is -0.356 e. The Morgan fingerprint density at radius 2 is 1.91 bits per heavy atom. The standard InChI is InChI=1S/C18H14N4O/c1-11-16(12(2)23)17(13-6-4-3-5-7-13)15(10-21)18(22-11)14(8-19)9-20/h3-7,17,19,22H,1-2H3. The molecule has 5 nitrogen and oxygen atoms in total. The topological polar surface area (TPSA) is 101 Å². The van der Waals surface area contributed by atoms with Gasteiger partial charge in [-0.25, -0.2) is 0 Å². The van der Waals surface area contributed by atoms with Crippen LogP contribution in [0.25, 0.3) is 0 Å². The van der Waals surface area contributed by atoms with Crippen LogP contribution in [0.15, 0.2) is 58.4 Å². The highest BCUT2D eigenvalue weighted by Crippen LogP contribution is 2.39. The second-order valence-electron chi connectivity index (χ2n) is 5.08. The maximum absolute atomic E-state index is 12.1. The van der Waals surface area contributed by atoms with E-state index in [1.807, 2.05) is 42.3 Å². The van der Waals surface area contributed by atoms with Gasteiger partial charge >= 0.3 is 0 Å². The van der Waals surface area contributed by atoms with Gasteiger partial charge in [-0.15, -0.1) is 0 Å². The molecule has 0 amide bonds. The number of benzene rings is 1. The third kappa shape index (κ3) is 2.82. The van der Waals surface area contributed by atoms with Gasteiger partial charge in [0, 0.05) is 11.3 Å². The maximum Gasteiger partial charge on any atom is 0.158 e. The molecule has 1 aliphatic heterocycles. The highest BCUT2D eigenvalue weighted by Gasteiger charge is 2.33. The van der Waals surface area contributed by atoms with E-state index in [9.17, 15) is 15.3 Å². The fraction of sp³-hybridized carbons (Fsp3) is 0.167. The van der Waals surface area contributed by atoms with Crippen LogP contribution >= 0.6 is 0 Å². The smallest absolute Gasteiger partial charge is 0.158 e. The van der Waals surface area contributed by atoms with Crippen LogP contribution in [0.3, 0.4) is 0 Å². The Labute approximate surface area is 134 Å². The van der Waals surface area contributed by atoms with E-state index in [1.165, 1.54) is 6.92 Å². The van der Waals surface area contributed by atoms with Gasteiger partial charge in [0.2, 0.25) is 0 Å². The fourth-order valence-electron chi connectivity index (χ4n) is 2.74. The summed E-state index contributed by atoms with van der Waals surface area (Å²) in [6.07, 6.45) is 0. The number of allylic oxidation sites excluding steroid dienone is 4. The van der Waals surface area contributed by atoms with Crippen molar-refractivity contribution in [2.75, 3.05) is 0 Å². The molecule has 0 bridgehead atoms. The minimum atomic E-state index is -0.563. The molecule has 5 heteroatoms. The summed E-state index contributed by atoms with van der Waals surface area (Å²) in [5.74, 6) is 1.34. The number of hydrogen-bond acceptors (Lipinski definition) is 5. The summed E-state index contributed by atoms with van der Waals surface area (Å²) < 4.78 is 0. The van der Waals surface area contributed by atoms with E-state index in [-0.39, 0.29) is 22.6 Å². The van der Waals surface area contributed by atoms with Gasteiger partial charge < -0.3 is 5.32 Å². The van der Waals surface area contributed by atoms with Gasteiger partial charge in [-0.3, -0.25) is 10.2 Å². The van der Waals surface area contributed by atoms with Crippen LogP contribution in [0.4, 0.5) is 0 Å². The summed E-state index contributed by atoms with van der Waals surface area (Å²) in [6, 6.07) is 13.1. The van der Waals surface area contributed by atoms with Crippen molar-refractivity contribution in [1.29, 1.82) is 15.9 Å². The van der Waals surface area contributed by atoms with Crippen LogP contribution in [0.2, 0.25) is 0 Å². The first-order valence-corrected chi connectivity index (χ1v) is 6.93. The lowest BCUT2D eigenvalue weighted by atomic mass is 9.78. The molecule has 0 aromatic heterocycles. The summed E-state index contributed by atoms with van der Waals surface area (Å²) in [5, 5.41) is 29.0. The first kappa shape index (κ1) is 16.0. The van der Waals surface area contributed by atoms with Gasteiger partial charge in [-0.1, -0.05) is 30.3 Å². The van der Waals surface area contributed by atoms with Crippen molar-refractivity contribution < 1.29 is 4.79 Å². The zero-order valence-corrected chi connectivity index (χ0v) is 12.8. The molecule has 1 unspecified atom stereocenters. The van der Waals surface area contributed by atoms with E-state index in [2.05, 4.69) is 11.4 Å². The van der Waals surface area contributed by atoms with Crippen LogP contribution in [-0.2, 0) is 4.79 Å². The lowest BCUT2D eigenvalue weighted by molar-refractivity contribution is -0.113. The monoisotopic (exact) mass is 302 g/mol. The second kappa shape index (κ2) is 6.58. The summed E-state index contributed by atoms with van der Waals surface area (Å²) in [4.78, 5) is 12.1. The number of carbonyl (C=O) groups excluding carboxylic acids is 1. The molecule has 1 aromatic carbocycles. The van der Waals surface area contributed by atoms with E-state index in [4.69, 9.17) is 5.41 Å². The Hall–Kier alpha value is -3.40. The van der Waals surface area contributed by atoms with Gasteiger partial charge in [0.1, 0.15) is 11.6 Å². The van der Waals surface area contributed by atoms with Gasteiger partial charge in [-0.2, -0.15) is 10.5 Å². The number of dihydropyridines is 1. The van der Waals surface area contributed by atoms with Crippen molar-refractivity contribution in [2.45, 2.75) is 19.8 Å². The van der Waals surface area contributed by atoms with E-state index in [0.29, 0.717) is 11.3 Å². The SMILES string of the molecule is CC(=O)C1=C(C)NC(C(=C=N)C#N)=C(C#N)C1c1ccccc1. The molecule has 2 N–H and O–H groups in total. The molecule has 0 saturated carbocycles. The Kier molecular flexibility index (Phi) is 4.57. The van der Waals surface area contributed by atoms with Crippen LogP contribution in [0.5, 0.6) is 0 Å². The first-order chi connectivity index (χ1) is 11.0. The Morgan fingerprint density at radius 3 is 2.39 bits per heavy atom. The highest BCUT2D eigenvalue weighted by molar-refractivity contribution is 5.97. The molecule has 23 heavy (non-hydrogen) atoms. The van der Waals surface area contributed by atoms with Crippen molar-refractivity contribution in [3.8, 4) is 12.1 Å². The second-order valence-corrected chi connectivity index (χ2v) is 5.08. The normalized spacial score (nSPS) is 16.8. The largest absolute Gasteiger partial charge is 0.356 e. The van der Waals surface area contributed by atoms with Crippen LogP contribution < -0.4 is 5.32 Å². The molecule has 2 rings (SSSR count). The molecule has 1 aliphatic rings. The average molecular weight is 302 g/mol. The zero-order valence-electron chi connectivity index (χ0n) is 12.8.